The van der Waals surface area contributed by atoms with Gasteiger partial charge in [0, 0.05) is 6.54 Å². The number of ether oxygens (including phenoxy) is 1. The fourth-order valence-electron chi connectivity index (χ4n) is 2.28. The van der Waals surface area contributed by atoms with Gasteiger partial charge in [0.25, 0.3) is 0 Å². The van der Waals surface area contributed by atoms with Crippen LogP contribution in [0, 0.1) is 0 Å². The Morgan fingerprint density at radius 1 is 1.38 bits per heavy atom. The summed E-state index contributed by atoms with van der Waals surface area (Å²) in [5.41, 5.74) is -0.581. The van der Waals surface area contributed by atoms with Gasteiger partial charge >= 0.3 is 5.97 Å². The number of carbonyl (C=O) groups excluding carboxylic acids is 1. The highest BCUT2D eigenvalue weighted by Gasteiger charge is 2.33. The summed E-state index contributed by atoms with van der Waals surface area (Å²) < 4.78 is 4.91. The summed E-state index contributed by atoms with van der Waals surface area (Å²) in [4.78, 5) is 13.3. The van der Waals surface area contributed by atoms with E-state index in [9.17, 15) is 9.90 Å². The molecule has 1 aliphatic carbocycles. The van der Waals surface area contributed by atoms with Gasteiger partial charge in [-0.1, -0.05) is 19.8 Å². The third-order valence-corrected chi connectivity index (χ3v) is 3.16. The summed E-state index contributed by atoms with van der Waals surface area (Å²) >= 11 is 0. The molecule has 4 heteroatoms. The van der Waals surface area contributed by atoms with Gasteiger partial charge in [-0.2, -0.15) is 0 Å². The molecule has 0 aromatic rings. The second-order valence-corrected chi connectivity index (χ2v) is 4.54. The molecule has 1 aliphatic rings. The fraction of sp³-hybridized carbons (Fsp3) is 0.917. The first-order chi connectivity index (χ1) is 7.59. The summed E-state index contributed by atoms with van der Waals surface area (Å²) in [6, 6.07) is 0. The van der Waals surface area contributed by atoms with Gasteiger partial charge in [-0.05, 0) is 26.3 Å². The fourth-order valence-corrected chi connectivity index (χ4v) is 2.28. The molecule has 0 bridgehead atoms. The van der Waals surface area contributed by atoms with Crippen molar-refractivity contribution in [3.63, 3.8) is 0 Å². The molecule has 0 spiro atoms. The smallest absolute Gasteiger partial charge is 0.320 e. The molecule has 1 rings (SSSR count). The van der Waals surface area contributed by atoms with Gasteiger partial charge in [0.2, 0.25) is 0 Å². The molecule has 0 aromatic heterocycles. The van der Waals surface area contributed by atoms with E-state index in [0.717, 1.165) is 32.2 Å². The zero-order chi connectivity index (χ0) is 12.0. The molecule has 0 heterocycles. The molecular formula is C12H23NO3. The molecule has 94 valence electrons. The van der Waals surface area contributed by atoms with Crippen LogP contribution >= 0.6 is 0 Å². The number of hydrogen-bond donors (Lipinski definition) is 1. The van der Waals surface area contributed by atoms with E-state index in [0.29, 0.717) is 13.2 Å². The van der Waals surface area contributed by atoms with Gasteiger partial charge < -0.3 is 9.84 Å². The van der Waals surface area contributed by atoms with Crippen molar-refractivity contribution in [2.24, 2.45) is 0 Å². The summed E-state index contributed by atoms with van der Waals surface area (Å²) in [6.45, 7) is 5.85. The van der Waals surface area contributed by atoms with Gasteiger partial charge in [0.05, 0.1) is 18.8 Å². The van der Waals surface area contributed by atoms with E-state index >= 15 is 0 Å². The monoisotopic (exact) mass is 229 g/mol. The summed E-state index contributed by atoms with van der Waals surface area (Å²) in [5.74, 6) is -0.203. The van der Waals surface area contributed by atoms with Gasteiger partial charge in [-0.15, -0.1) is 0 Å². The average molecular weight is 229 g/mol. The molecule has 0 atom stereocenters. The molecule has 1 saturated carbocycles. The van der Waals surface area contributed by atoms with Crippen molar-refractivity contribution in [2.75, 3.05) is 26.2 Å². The molecule has 0 aromatic carbocycles. The zero-order valence-electron chi connectivity index (χ0n) is 10.4. The van der Waals surface area contributed by atoms with Crippen LogP contribution in [0.25, 0.3) is 0 Å². The molecule has 0 saturated heterocycles. The topological polar surface area (TPSA) is 49.8 Å². The van der Waals surface area contributed by atoms with Gasteiger partial charge in [-0.3, -0.25) is 9.69 Å². The number of nitrogens with zero attached hydrogens (tertiary/aromatic N) is 1. The third-order valence-electron chi connectivity index (χ3n) is 3.16. The van der Waals surface area contributed by atoms with E-state index in [1.54, 1.807) is 6.92 Å². The summed E-state index contributed by atoms with van der Waals surface area (Å²) in [5, 5.41) is 10.2. The Bertz CT molecular complexity index is 224. The molecule has 4 nitrogen and oxygen atoms in total. The largest absolute Gasteiger partial charge is 0.465 e. The minimum Gasteiger partial charge on any atom is -0.465 e. The number of likely N-dealkylation sites (N-methyl/N-ethyl adjacent to an activating group) is 1. The molecule has 0 unspecified atom stereocenters. The Hall–Kier alpha value is -0.610. The van der Waals surface area contributed by atoms with Crippen LogP contribution in [0.5, 0.6) is 0 Å². The van der Waals surface area contributed by atoms with Crippen LogP contribution in [-0.2, 0) is 9.53 Å². The third kappa shape index (κ3) is 4.10. The van der Waals surface area contributed by atoms with E-state index in [2.05, 4.69) is 0 Å². The summed E-state index contributed by atoms with van der Waals surface area (Å²) in [7, 11) is 0. The van der Waals surface area contributed by atoms with Crippen LogP contribution in [0.15, 0.2) is 0 Å². The quantitative estimate of drug-likeness (QED) is 0.695. The average Bonchev–Trinajstić information content (AvgIpc) is 2.64. The Morgan fingerprint density at radius 2 is 2.00 bits per heavy atom. The predicted octanol–water partition coefficient (Wildman–Crippen LogP) is 1.18. The highest BCUT2D eigenvalue weighted by atomic mass is 16.5. The number of carbonyl (C=O) groups is 1. The molecule has 0 aliphatic heterocycles. The van der Waals surface area contributed by atoms with Crippen LogP contribution in [0.3, 0.4) is 0 Å². The Morgan fingerprint density at radius 3 is 2.50 bits per heavy atom. The predicted molar refractivity (Wildman–Crippen MR) is 62.2 cm³/mol. The molecule has 1 fully saturated rings. The lowest BCUT2D eigenvalue weighted by atomic mass is 10.0. The minimum absolute atomic E-state index is 0.203. The van der Waals surface area contributed by atoms with E-state index in [1.807, 2.05) is 11.8 Å². The molecule has 1 N–H and O–H groups in total. The Labute approximate surface area is 97.6 Å². The van der Waals surface area contributed by atoms with Gasteiger partial charge in [0.1, 0.15) is 0 Å². The van der Waals surface area contributed by atoms with Crippen LogP contribution in [0.2, 0.25) is 0 Å². The Kier molecular flexibility index (Phi) is 5.22. The van der Waals surface area contributed by atoms with Crippen molar-refractivity contribution in [3.05, 3.63) is 0 Å². The minimum atomic E-state index is -0.581. The lowest BCUT2D eigenvalue weighted by Gasteiger charge is -2.29. The van der Waals surface area contributed by atoms with Crippen molar-refractivity contribution < 1.29 is 14.6 Å². The molecule has 0 amide bonds. The van der Waals surface area contributed by atoms with Gasteiger partial charge in [-0.25, -0.2) is 0 Å². The normalized spacial score (nSPS) is 19.0. The first-order valence-electron chi connectivity index (χ1n) is 6.20. The van der Waals surface area contributed by atoms with Gasteiger partial charge in [0.15, 0.2) is 0 Å². The molecule has 0 radical (unpaired) electrons. The van der Waals surface area contributed by atoms with Crippen LogP contribution in [0.4, 0.5) is 0 Å². The number of hydrogen-bond acceptors (Lipinski definition) is 4. The van der Waals surface area contributed by atoms with Crippen LogP contribution in [0.1, 0.15) is 39.5 Å². The zero-order valence-corrected chi connectivity index (χ0v) is 10.4. The van der Waals surface area contributed by atoms with Crippen molar-refractivity contribution in [1.82, 2.24) is 4.90 Å². The number of esters is 1. The van der Waals surface area contributed by atoms with Crippen molar-refractivity contribution in [2.45, 2.75) is 45.1 Å². The Balaban J connectivity index is 2.39. The second kappa shape index (κ2) is 6.21. The van der Waals surface area contributed by atoms with E-state index in [-0.39, 0.29) is 12.5 Å². The van der Waals surface area contributed by atoms with Crippen molar-refractivity contribution in [3.8, 4) is 0 Å². The summed E-state index contributed by atoms with van der Waals surface area (Å²) in [6.07, 6.45) is 3.89. The van der Waals surface area contributed by atoms with Crippen molar-refractivity contribution in [1.29, 1.82) is 0 Å². The second-order valence-electron chi connectivity index (χ2n) is 4.54. The SMILES string of the molecule is CCOC(=O)CN(CC)CC1(O)CCCC1. The van der Waals surface area contributed by atoms with E-state index < -0.39 is 5.60 Å². The van der Waals surface area contributed by atoms with E-state index in [1.165, 1.54) is 0 Å². The van der Waals surface area contributed by atoms with E-state index in [4.69, 9.17) is 4.74 Å². The molecule has 16 heavy (non-hydrogen) atoms. The number of rotatable bonds is 6. The maximum atomic E-state index is 11.3. The number of aliphatic hydroxyl groups is 1. The highest BCUT2D eigenvalue weighted by molar-refractivity contribution is 5.71. The molecular weight excluding hydrogens is 206 g/mol. The first kappa shape index (κ1) is 13.5. The highest BCUT2D eigenvalue weighted by Crippen LogP contribution is 2.30. The lowest BCUT2D eigenvalue weighted by Crippen LogP contribution is -2.43. The first-order valence-corrected chi connectivity index (χ1v) is 6.20. The van der Waals surface area contributed by atoms with Crippen molar-refractivity contribution >= 4 is 5.97 Å². The standard InChI is InChI=1S/C12H23NO3/c1-3-13(9-11(14)16-4-2)10-12(15)7-5-6-8-12/h15H,3-10H2,1-2H3. The van der Waals surface area contributed by atoms with Crippen LogP contribution in [-0.4, -0.2) is 47.8 Å². The maximum Gasteiger partial charge on any atom is 0.320 e. The lowest BCUT2D eigenvalue weighted by molar-refractivity contribution is -0.145. The maximum absolute atomic E-state index is 11.3. The van der Waals surface area contributed by atoms with Crippen LogP contribution < -0.4 is 0 Å².